The second-order valence-electron chi connectivity index (χ2n) is 23.2. The number of nitrogens with zero attached hydrogens (tertiary/aromatic N) is 1. The van der Waals surface area contributed by atoms with Crippen molar-refractivity contribution in [2.45, 2.75) is 296 Å². The summed E-state index contributed by atoms with van der Waals surface area (Å²) in [5.41, 5.74) is 0. The maximum atomic E-state index is 13.6. The highest BCUT2D eigenvalue weighted by molar-refractivity contribution is 7.45. The summed E-state index contributed by atoms with van der Waals surface area (Å²) in [7, 11) is 1.14. The van der Waals surface area contributed by atoms with E-state index in [2.05, 4.69) is 99.0 Å². The molecule has 0 heterocycles. The van der Waals surface area contributed by atoms with Crippen LogP contribution in [0, 0.1) is 0 Å². The highest BCUT2D eigenvalue weighted by atomic mass is 31.2. The van der Waals surface area contributed by atoms with Gasteiger partial charge in [-0.25, -0.2) is 0 Å². The number of ether oxygens (including phenoxy) is 1. The van der Waals surface area contributed by atoms with Gasteiger partial charge in [-0.05, 0) is 96.0 Å². The molecule has 3 atom stereocenters. The van der Waals surface area contributed by atoms with Gasteiger partial charge in [-0.15, -0.1) is 0 Å². The molecule has 462 valence electrons. The molecule has 0 saturated carbocycles. The Morgan fingerprint density at radius 3 is 1.23 bits per heavy atom. The number of allylic oxidation sites excluding steroid dienone is 15. The van der Waals surface area contributed by atoms with Gasteiger partial charge in [-0.1, -0.05) is 272 Å². The average molecular weight is 1140 g/mol. The van der Waals surface area contributed by atoms with Gasteiger partial charge in [0.15, 0.2) is 0 Å². The minimum atomic E-state index is -4.72. The van der Waals surface area contributed by atoms with Crippen LogP contribution in [-0.4, -0.2) is 69.4 Å². The van der Waals surface area contributed by atoms with Gasteiger partial charge in [0.2, 0.25) is 5.91 Å². The molecule has 10 heteroatoms. The van der Waals surface area contributed by atoms with Gasteiger partial charge in [0.25, 0.3) is 7.82 Å². The Hall–Kier alpha value is -3.07. The van der Waals surface area contributed by atoms with Crippen molar-refractivity contribution in [1.29, 1.82) is 0 Å². The molecule has 0 aliphatic carbocycles. The van der Waals surface area contributed by atoms with Crippen LogP contribution in [0.4, 0.5) is 0 Å². The first-order chi connectivity index (χ1) is 38.9. The minimum Gasteiger partial charge on any atom is -0.756 e. The third-order valence-electron chi connectivity index (χ3n) is 14.3. The predicted octanol–water partition coefficient (Wildman–Crippen LogP) is 20.1. The molecule has 80 heavy (non-hydrogen) atoms. The number of quaternary nitrogens is 1. The lowest BCUT2D eigenvalue weighted by atomic mass is 10.0. The standard InChI is InChI=1S/C70H125N2O7P/c1-7-10-13-16-19-22-25-28-30-32-34-35-36-37-39-40-42-44-47-50-53-56-59-62-69(73)71-67(66-78-80(75,76)77-65-64-72(4,5)6)68(61-58-55-52-49-46-27-24-21-18-15-12-9-3)79-70(74)63-60-57-54-51-48-45-43-41-38-33-31-29-26-23-20-17-14-11-8-2/h11,14,20,23,28-31,38,41,45,48,54,57-58,61,67-68H,7-10,12-13,15-19,21-22,24-27,32-37,39-40,42-44,46-47,49-53,55-56,59-60,62-66H2,1-6H3,(H-,71,73,75,76)/b14-11-,23-20-,30-28+,31-29-,41-38-,48-45-,57-54-,61-58-. The molecule has 0 rings (SSSR count). The largest absolute Gasteiger partial charge is 0.756 e. The molecule has 0 aromatic rings. The number of esters is 1. The summed E-state index contributed by atoms with van der Waals surface area (Å²) < 4.78 is 30.3. The normalized spacial score (nSPS) is 14.2. The van der Waals surface area contributed by atoms with Gasteiger partial charge >= 0.3 is 5.97 Å². The third kappa shape index (κ3) is 59.5. The predicted molar refractivity (Wildman–Crippen MR) is 344 cm³/mol. The Morgan fingerprint density at radius 1 is 0.450 bits per heavy atom. The van der Waals surface area contributed by atoms with E-state index in [0.717, 1.165) is 83.5 Å². The van der Waals surface area contributed by atoms with Crippen LogP contribution in [-0.2, 0) is 27.9 Å². The Morgan fingerprint density at radius 2 is 0.812 bits per heavy atom. The van der Waals surface area contributed by atoms with Crippen LogP contribution in [0.5, 0.6) is 0 Å². The van der Waals surface area contributed by atoms with E-state index in [4.69, 9.17) is 13.8 Å². The van der Waals surface area contributed by atoms with Gasteiger partial charge in [0, 0.05) is 12.8 Å². The zero-order valence-corrected chi connectivity index (χ0v) is 53.7. The van der Waals surface area contributed by atoms with Crippen LogP contribution in [0.3, 0.4) is 0 Å². The molecule has 0 aliphatic heterocycles. The van der Waals surface area contributed by atoms with Crippen LogP contribution in [0.15, 0.2) is 97.2 Å². The summed E-state index contributed by atoms with van der Waals surface area (Å²) in [4.78, 5) is 40.0. The molecule has 0 radical (unpaired) electrons. The van der Waals surface area contributed by atoms with E-state index in [1.807, 2.05) is 45.4 Å². The van der Waals surface area contributed by atoms with E-state index in [9.17, 15) is 19.0 Å². The number of carbonyl (C=O) groups is 2. The number of phosphoric acid groups is 1. The van der Waals surface area contributed by atoms with Crippen LogP contribution >= 0.6 is 7.82 Å². The number of carbonyl (C=O) groups excluding carboxylic acids is 2. The molecule has 0 aromatic carbocycles. The monoisotopic (exact) mass is 1140 g/mol. The Kier molecular flexibility index (Phi) is 56.8. The van der Waals surface area contributed by atoms with Gasteiger partial charge in [-0.3, -0.25) is 14.2 Å². The van der Waals surface area contributed by atoms with Crippen molar-refractivity contribution in [3.05, 3.63) is 97.2 Å². The van der Waals surface area contributed by atoms with E-state index in [1.54, 1.807) is 0 Å². The first-order valence-electron chi connectivity index (χ1n) is 33.0. The van der Waals surface area contributed by atoms with Crippen molar-refractivity contribution in [3.8, 4) is 0 Å². The number of unbranched alkanes of at least 4 members (excludes halogenated alkanes) is 29. The van der Waals surface area contributed by atoms with Crippen LogP contribution in [0.25, 0.3) is 0 Å². The van der Waals surface area contributed by atoms with Crippen LogP contribution in [0.1, 0.15) is 284 Å². The summed E-state index contributed by atoms with van der Waals surface area (Å²) in [6, 6.07) is -0.924. The lowest BCUT2D eigenvalue weighted by Crippen LogP contribution is -2.47. The Labute approximate surface area is 494 Å². The molecular weight excluding hydrogens is 1010 g/mol. The molecule has 9 nitrogen and oxygen atoms in total. The lowest BCUT2D eigenvalue weighted by Gasteiger charge is -2.30. The fourth-order valence-corrected chi connectivity index (χ4v) is 9.91. The number of amides is 1. The highest BCUT2D eigenvalue weighted by Crippen LogP contribution is 2.38. The van der Waals surface area contributed by atoms with Crippen molar-refractivity contribution in [2.75, 3.05) is 40.9 Å². The van der Waals surface area contributed by atoms with Gasteiger partial charge in [-0.2, -0.15) is 0 Å². The maximum absolute atomic E-state index is 13.6. The average Bonchev–Trinajstić information content (AvgIpc) is 3.43. The third-order valence-corrected chi connectivity index (χ3v) is 15.2. The second-order valence-corrected chi connectivity index (χ2v) is 24.6. The molecular formula is C70H125N2O7P. The number of phosphoric ester groups is 1. The van der Waals surface area contributed by atoms with Crippen LogP contribution < -0.4 is 10.2 Å². The molecule has 0 aliphatic rings. The van der Waals surface area contributed by atoms with Gasteiger partial charge in [0.1, 0.15) is 19.3 Å². The molecule has 1 amide bonds. The topological polar surface area (TPSA) is 114 Å². The number of hydrogen-bond acceptors (Lipinski definition) is 7. The summed E-state index contributed by atoms with van der Waals surface area (Å²) in [6.45, 7) is 6.69. The van der Waals surface area contributed by atoms with Gasteiger partial charge < -0.3 is 28.5 Å². The quantitative estimate of drug-likeness (QED) is 0.0212. The van der Waals surface area contributed by atoms with Crippen molar-refractivity contribution in [1.82, 2.24) is 5.32 Å². The first kappa shape index (κ1) is 76.9. The fourth-order valence-electron chi connectivity index (χ4n) is 9.19. The van der Waals surface area contributed by atoms with Crippen molar-refractivity contribution in [3.63, 3.8) is 0 Å². The second kappa shape index (κ2) is 59.1. The van der Waals surface area contributed by atoms with Crippen molar-refractivity contribution in [2.24, 2.45) is 0 Å². The zero-order valence-electron chi connectivity index (χ0n) is 52.8. The summed E-state index contributed by atoms with van der Waals surface area (Å²) in [6.07, 6.45) is 79.7. The van der Waals surface area contributed by atoms with Gasteiger partial charge in [0.05, 0.1) is 33.8 Å². The van der Waals surface area contributed by atoms with E-state index in [-0.39, 0.29) is 18.9 Å². The lowest BCUT2D eigenvalue weighted by molar-refractivity contribution is -0.870. The zero-order chi connectivity index (χ0) is 58.6. The molecule has 0 bridgehead atoms. The fraction of sp³-hybridized carbons (Fsp3) is 0.743. The number of hydrogen-bond donors (Lipinski definition) is 1. The van der Waals surface area contributed by atoms with Crippen molar-refractivity contribution < 1.29 is 37.3 Å². The highest BCUT2D eigenvalue weighted by Gasteiger charge is 2.27. The summed E-state index contributed by atoms with van der Waals surface area (Å²) in [5.74, 6) is -0.637. The maximum Gasteiger partial charge on any atom is 0.306 e. The molecule has 0 saturated heterocycles. The Balaban J connectivity index is 5.25. The Bertz CT molecular complexity index is 1690. The molecule has 0 spiro atoms. The number of rotatable bonds is 59. The number of nitrogens with one attached hydrogen (secondary N) is 1. The number of likely N-dealkylation sites (N-methyl/N-ethyl adjacent to an activating group) is 1. The van der Waals surface area contributed by atoms with Crippen molar-refractivity contribution >= 4 is 19.7 Å². The molecule has 1 N–H and O–H groups in total. The molecule has 0 aromatic heterocycles. The minimum absolute atomic E-state index is 0.0368. The van der Waals surface area contributed by atoms with E-state index < -0.39 is 32.5 Å². The summed E-state index contributed by atoms with van der Waals surface area (Å²) >= 11 is 0. The first-order valence-corrected chi connectivity index (χ1v) is 34.5. The van der Waals surface area contributed by atoms with E-state index in [0.29, 0.717) is 23.9 Å². The smallest absolute Gasteiger partial charge is 0.306 e. The molecule has 0 fully saturated rings. The van der Waals surface area contributed by atoms with E-state index in [1.165, 1.54) is 161 Å². The van der Waals surface area contributed by atoms with Crippen LogP contribution in [0.2, 0.25) is 0 Å². The molecule has 3 unspecified atom stereocenters. The SMILES string of the molecule is CC/C=C\C/C=C\C/C=C\C/C=C\C/C=C\C/C=C\CCC(=O)OC(/C=C\CCCCCCCCCCCC)C(COP(=O)([O-])OCC[N+](C)(C)C)NC(=O)CCCCCCCCCCCCCCC/C=C/CCCCCCCC. The summed E-state index contributed by atoms with van der Waals surface area (Å²) in [5, 5.41) is 3.02. The van der Waals surface area contributed by atoms with E-state index >= 15 is 0 Å².